The number of imide groups is 1. The van der Waals surface area contributed by atoms with Crippen molar-refractivity contribution in [3.05, 3.63) is 12.7 Å². The summed E-state index contributed by atoms with van der Waals surface area (Å²) < 4.78 is 0. The fraction of sp³-hybridized carbons (Fsp3) is 0.722. The standard InChI is InChI=1S/C18H29N3O3/c1-8-10-20-14(23)18(19(7)15(20)24)11-16(3,4)21(13(22)9-2)17(5,6)12-18/h8H,1,9-12H2,2-7H3. The van der Waals surface area contributed by atoms with E-state index < -0.39 is 16.6 Å². The molecule has 0 unspecified atom stereocenters. The normalized spacial score (nSPS) is 24.7. The predicted molar refractivity (Wildman–Crippen MR) is 92.3 cm³/mol. The molecule has 0 aromatic carbocycles. The van der Waals surface area contributed by atoms with E-state index in [9.17, 15) is 14.4 Å². The number of urea groups is 1. The van der Waals surface area contributed by atoms with Crippen LogP contribution >= 0.6 is 0 Å². The number of carbonyl (C=O) groups excluding carboxylic acids is 3. The smallest absolute Gasteiger partial charge is 0.327 e. The minimum absolute atomic E-state index is 0.0715. The van der Waals surface area contributed by atoms with Gasteiger partial charge >= 0.3 is 6.03 Å². The number of likely N-dealkylation sites (N-methyl/N-ethyl adjacent to an activating group) is 1. The molecule has 1 spiro atoms. The van der Waals surface area contributed by atoms with Crippen molar-refractivity contribution in [3.8, 4) is 0 Å². The number of rotatable bonds is 3. The number of amides is 4. The van der Waals surface area contributed by atoms with Gasteiger partial charge < -0.3 is 9.80 Å². The lowest BCUT2D eigenvalue weighted by atomic mass is 9.68. The highest BCUT2D eigenvalue weighted by Gasteiger charge is 2.64. The lowest BCUT2D eigenvalue weighted by Crippen LogP contribution is -2.70. The van der Waals surface area contributed by atoms with Crippen molar-refractivity contribution in [2.45, 2.75) is 70.5 Å². The molecule has 0 aromatic rings. The first-order valence-corrected chi connectivity index (χ1v) is 8.48. The molecule has 2 heterocycles. The molecule has 2 fully saturated rings. The molecule has 2 aliphatic heterocycles. The van der Waals surface area contributed by atoms with Crippen molar-refractivity contribution in [2.75, 3.05) is 13.6 Å². The Balaban J connectivity index is 2.51. The van der Waals surface area contributed by atoms with E-state index in [2.05, 4.69) is 6.58 Å². The number of nitrogens with zero attached hydrogens (tertiary/aromatic N) is 3. The van der Waals surface area contributed by atoms with Gasteiger partial charge in [0.2, 0.25) is 5.91 Å². The van der Waals surface area contributed by atoms with Crippen LogP contribution < -0.4 is 0 Å². The molecular formula is C18H29N3O3. The molecule has 134 valence electrons. The summed E-state index contributed by atoms with van der Waals surface area (Å²) in [4.78, 5) is 43.0. The van der Waals surface area contributed by atoms with Gasteiger partial charge in [0, 0.05) is 43.9 Å². The summed E-state index contributed by atoms with van der Waals surface area (Å²) in [6, 6.07) is -0.290. The van der Waals surface area contributed by atoms with E-state index in [1.54, 1.807) is 18.0 Å². The number of hydrogen-bond acceptors (Lipinski definition) is 3. The molecule has 0 atom stereocenters. The summed E-state index contributed by atoms with van der Waals surface area (Å²) in [5.41, 5.74) is -1.95. The van der Waals surface area contributed by atoms with Crippen LogP contribution in [0.5, 0.6) is 0 Å². The Labute approximate surface area is 144 Å². The Bertz CT molecular complexity index is 576. The van der Waals surface area contributed by atoms with Gasteiger partial charge in [0.1, 0.15) is 5.54 Å². The molecule has 6 heteroatoms. The van der Waals surface area contributed by atoms with Crippen molar-refractivity contribution < 1.29 is 14.4 Å². The maximum absolute atomic E-state index is 13.1. The van der Waals surface area contributed by atoms with E-state index in [-0.39, 0.29) is 24.4 Å². The van der Waals surface area contributed by atoms with Gasteiger partial charge in [-0.2, -0.15) is 0 Å². The van der Waals surface area contributed by atoms with Gasteiger partial charge in [-0.3, -0.25) is 14.5 Å². The molecule has 0 saturated carbocycles. The highest BCUT2D eigenvalue weighted by Crippen LogP contribution is 2.49. The zero-order valence-electron chi connectivity index (χ0n) is 15.7. The summed E-state index contributed by atoms with van der Waals surface area (Å²) in [5.74, 6) is -0.109. The minimum Gasteiger partial charge on any atom is -0.332 e. The Morgan fingerprint density at radius 2 is 1.67 bits per heavy atom. The van der Waals surface area contributed by atoms with Crippen LogP contribution in [-0.4, -0.2) is 62.8 Å². The molecule has 0 N–H and O–H groups in total. The maximum atomic E-state index is 13.1. The number of carbonyl (C=O) groups is 3. The van der Waals surface area contributed by atoms with E-state index in [4.69, 9.17) is 0 Å². The van der Waals surface area contributed by atoms with Crippen LogP contribution in [0.3, 0.4) is 0 Å². The summed E-state index contributed by atoms with van der Waals surface area (Å²) in [6.07, 6.45) is 2.85. The van der Waals surface area contributed by atoms with Crippen molar-refractivity contribution in [1.82, 2.24) is 14.7 Å². The second-order valence-electron chi connectivity index (χ2n) is 8.14. The molecule has 24 heavy (non-hydrogen) atoms. The molecule has 2 rings (SSSR count). The first kappa shape index (κ1) is 18.5. The summed E-state index contributed by atoms with van der Waals surface area (Å²) in [6.45, 7) is 13.6. The Kier molecular flexibility index (Phi) is 4.32. The van der Waals surface area contributed by atoms with E-state index in [0.29, 0.717) is 19.3 Å². The Hall–Kier alpha value is -1.85. The summed E-state index contributed by atoms with van der Waals surface area (Å²) >= 11 is 0. The molecule has 0 radical (unpaired) electrons. The summed E-state index contributed by atoms with van der Waals surface area (Å²) in [5, 5.41) is 0. The van der Waals surface area contributed by atoms with Gasteiger partial charge in [0.15, 0.2) is 0 Å². The molecule has 4 amide bonds. The zero-order chi connectivity index (χ0) is 18.5. The number of likely N-dealkylation sites (tertiary alicyclic amines) is 1. The average Bonchev–Trinajstić information content (AvgIpc) is 2.61. The fourth-order valence-electron chi connectivity index (χ4n) is 4.83. The Morgan fingerprint density at radius 3 is 2.08 bits per heavy atom. The van der Waals surface area contributed by atoms with Crippen LogP contribution in [0.2, 0.25) is 0 Å². The molecule has 0 bridgehead atoms. The van der Waals surface area contributed by atoms with Crippen LogP contribution in [0.4, 0.5) is 4.79 Å². The van der Waals surface area contributed by atoms with Gasteiger partial charge in [-0.25, -0.2) is 4.79 Å². The van der Waals surface area contributed by atoms with E-state index in [1.165, 1.54) is 4.90 Å². The van der Waals surface area contributed by atoms with Crippen molar-refractivity contribution in [3.63, 3.8) is 0 Å². The third-order valence-corrected chi connectivity index (χ3v) is 5.33. The second-order valence-corrected chi connectivity index (χ2v) is 8.14. The largest absolute Gasteiger partial charge is 0.332 e. The topological polar surface area (TPSA) is 60.9 Å². The molecule has 2 saturated heterocycles. The van der Waals surface area contributed by atoms with Gasteiger partial charge in [-0.05, 0) is 27.7 Å². The number of piperidine rings is 1. The third-order valence-electron chi connectivity index (χ3n) is 5.33. The van der Waals surface area contributed by atoms with E-state index in [0.717, 1.165) is 0 Å². The van der Waals surface area contributed by atoms with Crippen molar-refractivity contribution in [2.24, 2.45) is 0 Å². The first-order valence-electron chi connectivity index (χ1n) is 8.48. The second kappa shape index (κ2) is 5.60. The zero-order valence-corrected chi connectivity index (χ0v) is 15.7. The van der Waals surface area contributed by atoms with E-state index >= 15 is 0 Å². The molecule has 0 aliphatic carbocycles. The van der Waals surface area contributed by atoms with Gasteiger partial charge in [0.25, 0.3) is 5.91 Å². The van der Waals surface area contributed by atoms with Crippen LogP contribution in [-0.2, 0) is 9.59 Å². The Morgan fingerprint density at radius 1 is 1.17 bits per heavy atom. The minimum atomic E-state index is -0.905. The molecular weight excluding hydrogens is 306 g/mol. The lowest BCUT2D eigenvalue weighted by Gasteiger charge is -2.59. The summed E-state index contributed by atoms with van der Waals surface area (Å²) in [7, 11) is 1.69. The van der Waals surface area contributed by atoms with Crippen LogP contribution in [0.1, 0.15) is 53.9 Å². The fourth-order valence-corrected chi connectivity index (χ4v) is 4.83. The average molecular weight is 335 g/mol. The third kappa shape index (κ3) is 2.43. The lowest BCUT2D eigenvalue weighted by molar-refractivity contribution is -0.162. The van der Waals surface area contributed by atoms with Crippen LogP contribution in [0.25, 0.3) is 0 Å². The van der Waals surface area contributed by atoms with Gasteiger partial charge in [-0.1, -0.05) is 13.0 Å². The SMILES string of the molecule is C=CCN1C(=O)N(C)C2(CC(C)(C)N(C(=O)CC)C(C)(C)C2)C1=O. The van der Waals surface area contributed by atoms with Gasteiger partial charge in [0.05, 0.1) is 0 Å². The highest BCUT2D eigenvalue weighted by atomic mass is 16.2. The van der Waals surface area contributed by atoms with Crippen LogP contribution in [0, 0.1) is 0 Å². The molecule has 0 aromatic heterocycles. The van der Waals surface area contributed by atoms with E-state index in [1.807, 2.05) is 39.5 Å². The predicted octanol–water partition coefficient (Wildman–Crippen LogP) is 2.39. The highest BCUT2D eigenvalue weighted by molar-refractivity contribution is 6.07. The van der Waals surface area contributed by atoms with Crippen molar-refractivity contribution >= 4 is 17.8 Å². The number of hydrogen-bond donors (Lipinski definition) is 0. The van der Waals surface area contributed by atoms with Crippen LogP contribution in [0.15, 0.2) is 12.7 Å². The first-order chi connectivity index (χ1) is 10.9. The van der Waals surface area contributed by atoms with Crippen molar-refractivity contribution in [1.29, 1.82) is 0 Å². The monoisotopic (exact) mass is 335 g/mol. The maximum Gasteiger partial charge on any atom is 0.327 e. The quantitative estimate of drug-likeness (QED) is 0.588. The molecule has 6 nitrogen and oxygen atoms in total. The molecule has 2 aliphatic rings. The van der Waals surface area contributed by atoms with Gasteiger partial charge in [-0.15, -0.1) is 6.58 Å².